The molecule has 0 bridgehead atoms. The molecule has 45 heavy (non-hydrogen) atoms. The summed E-state index contributed by atoms with van der Waals surface area (Å²) >= 11 is 0. The number of anilines is 2. The molecule has 0 radical (unpaired) electrons. The Balaban J connectivity index is 1.33. The summed E-state index contributed by atoms with van der Waals surface area (Å²) in [7, 11) is 0. The second-order valence-electron chi connectivity index (χ2n) is 9.71. The first kappa shape index (κ1) is 29.8. The molecule has 3 aromatic carbocycles. The van der Waals surface area contributed by atoms with Gasteiger partial charge in [0.25, 0.3) is 28.6 Å². The number of nitrogens with zero attached hydrogens (tertiary/aromatic N) is 4. The number of primary amides is 1. The molecule has 0 aliphatic heterocycles. The minimum Gasteiger partial charge on any atom is -0.489 e. The van der Waals surface area contributed by atoms with E-state index in [0.29, 0.717) is 5.56 Å². The van der Waals surface area contributed by atoms with Crippen LogP contribution in [-0.4, -0.2) is 53.7 Å². The minimum absolute atomic E-state index is 0.0110. The Morgan fingerprint density at radius 2 is 1.62 bits per heavy atom. The lowest BCUT2D eigenvalue weighted by Crippen LogP contribution is -2.38. The summed E-state index contributed by atoms with van der Waals surface area (Å²) in [5, 5.41) is 34.3. The Morgan fingerprint density at radius 1 is 0.933 bits per heavy atom. The molecule has 0 saturated heterocycles. The van der Waals surface area contributed by atoms with Crippen LogP contribution in [0.4, 0.5) is 11.4 Å². The Bertz CT molecular complexity index is 2060. The summed E-state index contributed by atoms with van der Waals surface area (Å²) < 4.78 is 0.924. The predicted octanol–water partition coefficient (Wildman–Crippen LogP) is -0.795. The smallest absolute Gasteiger partial charge is 0.335 e. The van der Waals surface area contributed by atoms with Crippen molar-refractivity contribution in [3.63, 3.8) is 0 Å². The summed E-state index contributed by atoms with van der Waals surface area (Å²) in [6, 6.07) is 11.7. The number of nitrogens with one attached hydrogen (secondary N) is 3. The van der Waals surface area contributed by atoms with Crippen LogP contribution in [0.5, 0.6) is 5.88 Å². The number of aromatic carboxylic acids is 1. The topological polar surface area (TPSA) is 274 Å². The van der Waals surface area contributed by atoms with E-state index in [4.69, 9.17) is 16.6 Å². The average molecular weight is 614 g/mol. The number of nitrogen functional groups attached to an aromatic ring is 1. The van der Waals surface area contributed by atoms with Crippen molar-refractivity contribution in [1.82, 2.24) is 30.4 Å². The normalized spacial score (nSPS) is 11.6. The molecular weight excluding hydrogens is 590 g/mol. The number of carbonyl (C=O) groups is 4. The Morgan fingerprint density at radius 3 is 2.27 bits per heavy atom. The number of carboxylic acid groups (broad SMARTS) is 1. The standard InChI is InChI=1S/C28H23N9O8/c29-18-20(22(39)21(18)38)31-10-12-2-1-3-13(8-12)11-32-26(42)17-9-16(33-24-27(43)35-36-37(17)24)25(41)34-19(23(30)40)14-4-6-15(7-5-14)28(44)45/h1-9,19,31,43H,10-11,29H2,(H2,30,40)(H,32,42)(H,34,41)(H,44,45)/t19-/m1/s1. The lowest BCUT2D eigenvalue weighted by molar-refractivity contribution is -0.120. The van der Waals surface area contributed by atoms with Crippen LogP contribution in [0.1, 0.15) is 54.1 Å². The van der Waals surface area contributed by atoms with Gasteiger partial charge in [-0.3, -0.25) is 24.0 Å². The fraction of sp³-hybridized carbons (Fsp3) is 0.107. The van der Waals surface area contributed by atoms with E-state index in [1.807, 2.05) is 0 Å². The molecule has 0 aliphatic rings. The lowest BCUT2D eigenvalue weighted by Gasteiger charge is -2.16. The van der Waals surface area contributed by atoms with Crippen molar-refractivity contribution in [2.45, 2.75) is 19.1 Å². The van der Waals surface area contributed by atoms with E-state index in [-0.39, 0.29) is 52.6 Å². The highest BCUT2D eigenvalue weighted by molar-refractivity contribution is 6.00. The lowest BCUT2D eigenvalue weighted by atomic mass is 10.0. The summed E-state index contributed by atoms with van der Waals surface area (Å²) in [4.78, 5) is 76.7. The minimum atomic E-state index is -1.38. The number of aromatic hydroxyl groups is 1. The maximum absolute atomic E-state index is 13.2. The molecule has 0 aliphatic carbocycles. The first-order valence-electron chi connectivity index (χ1n) is 13.0. The van der Waals surface area contributed by atoms with Gasteiger partial charge in [0.05, 0.1) is 5.56 Å². The predicted molar refractivity (Wildman–Crippen MR) is 156 cm³/mol. The van der Waals surface area contributed by atoms with Crippen LogP contribution in [0, 0.1) is 0 Å². The van der Waals surface area contributed by atoms with Gasteiger partial charge in [0.15, 0.2) is 0 Å². The van der Waals surface area contributed by atoms with Crippen molar-refractivity contribution in [2.24, 2.45) is 5.73 Å². The van der Waals surface area contributed by atoms with Crippen molar-refractivity contribution in [1.29, 1.82) is 0 Å². The van der Waals surface area contributed by atoms with Crippen molar-refractivity contribution in [3.8, 4) is 5.88 Å². The van der Waals surface area contributed by atoms with Crippen LogP contribution in [-0.2, 0) is 17.9 Å². The Hall–Kier alpha value is -6.65. The van der Waals surface area contributed by atoms with Gasteiger partial charge in [-0.25, -0.2) is 9.78 Å². The number of benzene rings is 2. The van der Waals surface area contributed by atoms with E-state index in [1.165, 1.54) is 24.3 Å². The van der Waals surface area contributed by atoms with E-state index >= 15 is 0 Å². The van der Waals surface area contributed by atoms with Gasteiger partial charge in [0.2, 0.25) is 11.6 Å². The van der Waals surface area contributed by atoms with Gasteiger partial charge in [0.1, 0.15) is 28.8 Å². The third-order valence-electron chi connectivity index (χ3n) is 6.73. The second-order valence-corrected chi connectivity index (χ2v) is 9.71. The average Bonchev–Trinajstić information content (AvgIpc) is 3.42. The molecule has 0 saturated carbocycles. The molecule has 1 atom stereocenters. The first-order valence-corrected chi connectivity index (χ1v) is 13.0. The maximum atomic E-state index is 13.2. The Labute approximate surface area is 251 Å². The summed E-state index contributed by atoms with van der Waals surface area (Å²) in [6.45, 7) is 0.200. The molecule has 0 spiro atoms. The molecule has 2 heterocycles. The number of aromatic nitrogens is 4. The van der Waals surface area contributed by atoms with Gasteiger partial charge in [-0.05, 0) is 28.8 Å². The molecule has 17 nitrogen and oxygen atoms in total. The van der Waals surface area contributed by atoms with Gasteiger partial charge in [-0.2, -0.15) is 4.52 Å². The molecule has 2 aromatic heterocycles. The van der Waals surface area contributed by atoms with Gasteiger partial charge >= 0.3 is 5.97 Å². The molecule has 228 valence electrons. The van der Waals surface area contributed by atoms with Crippen molar-refractivity contribution >= 4 is 40.7 Å². The van der Waals surface area contributed by atoms with E-state index in [0.717, 1.165) is 16.1 Å². The molecule has 0 unspecified atom stereocenters. The van der Waals surface area contributed by atoms with Crippen molar-refractivity contribution < 1.29 is 29.4 Å². The summed E-state index contributed by atoms with van der Waals surface area (Å²) in [5.74, 6) is -4.48. The monoisotopic (exact) mass is 613 g/mol. The van der Waals surface area contributed by atoms with Crippen LogP contribution < -0.4 is 38.3 Å². The molecule has 3 amide bonds. The molecular formula is C28H23N9O8. The fourth-order valence-electron chi connectivity index (χ4n) is 4.38. The van der Waals surface area contributed by atoms with Crippen LogP contribution in [0.3, 0.4) is 0 Å². The maximum Gasteiger partial charge on any atom is 0.335 e. The fourth-order valence-corrected chi connectivity index (χ4v) is 4.38. The van der Waals surface area contributed by atoms with Crippen molar-refractivity contribution in [3.05, 3.63) is 109 Å². The van der Waals surface area contributed by atoms with Gasteiger partial charge in [-0.1, -0.05) is 46.7 Å². The van der Waals surface area contributed by atoms with E-state index in [1.54, 1.807) is 24.3 Å². The van der Waals surface area contributed by atoms with Gasteiger partial charge in [0, 0.05) is 19.2 Å². The molecule has 17 heteroatoms. The quantitative estimate of drug-likeness (QED) is 0.0900. The van der Waals surface area contributed by atoms with Crippen LogP contribution in [0.25, 0.3) is 5.65 Å². The third-order valence-corrected chi connectivity index (χ3v) is 6.73. The van der Waals surface area contributed by atoms with E-state index < -0.39 is 46.5 Å². The van der Waals surface area contributed by atoms with E-state index in [2.05, 4.69) is 31.2 Å². The number of amides is 3. The number of hydrogen-bond donors (Lipinski definition) is 7. The highest BCUT2D eigenvalue weighted by Gasteiger charge is 2.25. The molecule has 5 aromatic rings. The van der Waals surface area contributed by atoms with Crippen LogP contribution in [0.15, 0.2) is 64.2 Å². The highest BCUT2D eigenvalue weighted by atomic mass is 16.4. The highest BCUT2D eigenvalue weighted by Crippen LogP contribution is 2.19. The van der Waals surface area contributed by atoms with Gasteiger partial charge in [-0.15, -0.1) is 0 Å². The largest absolute Gasteiger partial charge is 0.489 e. The first-order chi connectivity index (χ1) is 21.4. The molecule has 0 fully saturated rings. The number of hydrogen-bond acceptors (Lipinski definition) is 12. The zero-order chi connectivity index (χ0) is 32.4. The molecule has 9 N–H and O–H groups in total. The van der Waals surface area contributed by atoms with Crippen LogP contribution in [0.2, 0.25) is 0 Å². The number of nitrogens with two attached hydrogens (primary N) is 2. The SMILES string of the molecule is NC(=O)[C@H](NC(=O)c1cc(C(=O)NCc2cccc(CNc3c(N)c(=O)c3=O)c2)n2nnc(O)c2n1)c1ccc(C(=O)O)cc1. The third kappa shape index (κ3) is 5.98. The number of carbonyl (C=O) groups excluding carboxylic acids is 3. The van der Waals surface area contributed by atoms with Gasteiger partial charge < -0.3 is 37.6 Å². The number of rotatable bonds is 11. The van der Waals surface area contributed by atoms with Crippen LogP contribution >= 0.6 is 0 Å². The zero-order valence-corrected chi connectivity index (χ0v) is 23.0. The van der Waals surface area contributed by atoms with Crippen molar-refractivity contribution in [2.75, 3.05) is 11.1 Å². The molecule has 5 rings (SSSR count). The zero-order valence-electron chi connectivity index (χ0n) is 23.0. The van der Waals surface area contributed by atoms with E-state index in [9.17, 15) is 33.9 Å². The number of carboxylic acids is 1. The Kier molecular flexibility index (Phi) is 7.90. The summed E-state index contributed by atoms with van der Waals surface area (Å²) in [5.41, 5.74) is 10.1. The second kappa shape index (κ2) is 11.9. The summed E-state index contributed by atoms with van der Waals surface area (Å²) in [6.07, 6.45) is 0. The number of fused-ring (bicyclic) bond motifs is 1.